The standard InChI is InChI=1S/C16H19N3O/c1-11-10-14(13-4-2-3-5-15(13)18-11)16(20)19-8-6-12(17)7-9-19/h2-5,10,12H,6-9,17H2,1H3. The minimum atomic E-state index is 0.0959. The lowest BCUT2D eigenvalue weighted by Gasteiger charge is -2.30. The normalized spacial score (nSPS) is 16.6. The highest BCUT2D eigenvalue weighted by Gasteiger charge is 2.23. The van der Waals surface area contributed by atoms with Crippen LogP contribution in [0.4, 0.5) is 0 Å². The van der Waals surface area contributed by atoms with Crippen molar-refractivity contribution >= 4 is 16.8 Å². The van der Waals surface area contributed by atoms with Crippen molar-refractivity contribution in [3.05, 3.63) is 41.6 Å². The smallest absolute Gasteiger partial charge is 0.254 e. The number of fused-ring (bicyclic) bond motifs is 1. The van der Waals surface area contributed by atoms with Crippen LogP contribution in [0.1, 0.15) is 28.9 Å². The van der Waals surface area contributed by atoms with Crippen molar-refractivity contribution in [1.29, 1.82) is 0 Å². The molecule has 1 aliphatic rings. The van der Waals surface area contributed by atoms with E-state index >= 15 is 0 Å². The number of pyridine rings is 1. The molecular formula is C16H19N3O. The van der Waals surface area contributed by atoms with Gasteiger partial charge in [0.1, 0.15) is 0 Å². The first-order valence-electron chi connectivity index (χ1n) is 7.06. The van der Waals surface area contributed by atoms with E-state index in [1.54, 1.807) is 0 Å². The Morgan fingerprint density at radius 1 is 1.30 bits per heavy atom. The van der Waals surface area contributed by atoms with Crippen LogP contribution < -0.4 is 5.73 Å². The number of para-hydroxylation sites is 1. The highest BCUT2D eigenvalue weighted by Crippen LogP contribution is 2.21. The number of nitrogens with two attached hydrogens (primary N) is 1. The van der Waals surface area contributed by atoms with Crippen molar-refractivity contribution in [2.45, 2.75) is 25.8 Å². The van der Waals surface area contributed by atoms with E-state index in [1.165, 1.54) is 0 Å². The Bertz CT molecular complexity index is 645. The Balaban J connectivity index is 1.99. The predicted molar refractivity (Wildman–Crippen MR) is 79.6 cm³/mol. The lowest BCUT2D eigenvalue weighted by atomic mass is 10.0. The molecule has 4 heteroatoms. The van der Waals surface area contributed by atoms with E-state index in [4.69, 9.17) is 5.73 Å². The van der Waals surface area contributed by atoms with Crippen LogP contribution in [0.5, 0.6) is 0 Å². The summed E-state index contributed by atoms with van der Waals surface area (Å²) >= 11 is 0. The molecule has 0 saturated carbocycles. The highest BCUT2D eigenvalue weighted by molar-refractivity contribution is 6.06. The number of amides is 1. The minimum Gasteiger partial charge on any atom is -0.339 e. The largest absolute Gasteiger partial charge is 0.339 e. The molecule has 0 atom stereocenters. The summed E-state index contributed by atoms with van der Waals surface area (Å²) in [7, 11) is 0. The third-order valence-corrected chi connectivity index (χ3v) is 3.90. The maximum absolute atomic E-state index is 12.7. The summed E-state index contributed by atoms with van der Waals surface area (Å²) in [5, 5.41) is 0.929. The molecule has 0 bridgehead atoms. The van der Waals surface area contributed by atoms with Gasteiger partial charge in [0.2, 0.25) is 0 Å². The maximum Gasteiger partial charge on any atom is 0.254 e. The average Bonchev–Trinajstić information content (AvgIpc) is 2.46. The lowest BCUT2D eigenvalue weighted by Crippen LogP contribution is -2.42. The topological polar surface area (TPSA) is 59.2 Å². The van der Waals surface area contributed by atoms with Crippen molar-refractivity contribution in [2.24, 2.45) is 5.73 Å². The van der Waals surface area contributed by atoms with E-state index in [1.807, 2.05) is 42.2 Å². The van der Waals surface area contributed by atoms with E-state index in [0.29, 0.717) is 0 Å². The van der Waals surface area contributed by atoms with Gasteiger partial charge >= 0.3 is 0 Å². The van der Waals surface area contributed by atoms with Crippen LogP contribution in [0.3, 0.4) is 0 Å². The van der Waals surface area contributed by atoms with E-state index in [9.17, 15) is 4.79 Å². The highest BCUT2D eigenvalue weighted by atomic mass is 16.2. The number of hydrogen-bond donors (Lipinski definition) is 1. The summed E-state index contributed by atoms with van der Waals surface area (Å²) in [4.78, 5) is 19.1. The molecule has 1 aromatic carbocycles. The zero-order valence-corrected chi connectivity index (χ0v) is 11.7. The number of aryl methyl sites for hydroxylation is 1. The maximum atomic E-state index is 12.7. The second-order valence-corrected chi connectivity index (χ2v) is 5.46. The summed E-state index contributed by atoms with van der Waals surface area (Å²) in [6.45, 7) is 3.42. The SMILES string of the molecule is Cc1cc(C(=O)N2CCC(N)CC2)c2ccccc2n1. The zero-order chi connectivity index (χ0) is 14.1. The van der Waals surface area contributed by atoms with Gasteiger partial charge in [-0.25, -0.2) is 0 Å². The van der Waals surface area contributed by atoms with Crippen LogP contribution in [-0.4, -0.2) is 34.9 Å². The van der Waals surface area contributed by atoms with Crippen molar-refractivity contribution in [3.8, 4) is 0 Å². The molecule has 1 aromatic heterocycles. The van der Waals surface area contributed by atoms with Crippen LogP contribution in [0.2, 0.25) is 0 Å². The second-order valence-electron chi connectivity index (χ2n) is 5.46. The molecule has 1 fully saturated rings. The number of rotatable bonds is 1. The summed E-state index contributed by atoms with van der Waals surface area (Å²) in [5.74, 6) is 0.0959. The van der Waals surface area contributed by atoms with Crippen LogP contribution >= 0.6 is 0 Å². The zero-order valence-electron chi connectivity index (χ0n) is 11.7. The van der Waals surface area contributed by atoms with E-state index in [-0.39, 0.29) is 11.9 Å². The molecule has 1 amide bonds. The molecule has 1 aliphatic heterocycles. The summed E-state index contributed by atoms with van der Waals surface area (Å²) < 4.78 is 0. The minimum absolute atomic E-state index is 0.0959. The number of likely N-dealkylation sites (tertiary alicyclic amines) is 1. The summed E-state index contributed by atoms with van der Waals surface area (Å²) in [6, 6.07) is 9.93. The van der Waals surface area contributed by atoms with Gasteiger partial charge in [0.25, 0.3) is 5.91 Å². The molecule has 0 spiro atoms. The van der Waals surface area contributed by atoms with E-state index < -0.39 is 0 Å². The van der Waals surface area contributed by atoms with Crippen LogP contribution in [0.25, 0.3) is 10.9 Å². The first-order chi connectivity index (χ1) is 9.65. The molecule has 1 saturated heterocycles. The van der Waals surface area contributed by atoms with E-state index in [2.05, 4.69) is 4.98 Å². The predicted octanol–water partition coefficient (Wildman–Crippen LogP) is 2.11. The van der Waals surface area contributed by atoms with Gasteiger partial charge in [-0.05, 0) is 31.9 Å². The Labute approximate surface area is 118 Å². The number of piperidine rings is 1. The lowest BCUT2D eigenvalue weighted by molar-refractivity contribution is 0.0716. The van der Waals surface area contributed by atoms with Crippen molar-refractivity contribution < 1.29 is 4.79 Å². The van der Waals surface area contributed by atoms with Gasteiger partial charge in [0.15, 0.2) is 0 Å². The Hall–Kier alpha value is -1.94. The number of benzene rings is 1. The fourth-order valence-electron chi connectivity index (χ4n) is 2.76. The molecule has 104 valence electrons. The Morgan fingerprint density at radius 3 is 2.75 bits per heavy atom. The molecule has 20 heavy (non-hydrogen) atoms. The first-order valence-corrected chi connectivity index (χ1v) is 7.06. The fraction of sp³-hybridized carbons (Fsp3) is 0.375. The average molecular weight is 269 g/mol. The van der Waals surface area contributed by atoms with Crippen molar-refractivity contribution in [3.63, 3.8) is 0 Å². The Kier molecular flexibility index (Phi) is 3.40. The molecule has 3 rings (SSSR count). The van der Waals surface area contributed by atoms with Gasteiger partial charge < -0.3 is 10.6 Å². The quantitative estimate of drug-likeness (QED) is 0.862. The van der Waals surface area contributed by atoms with Gasteiger partial charge in [-0.1, -0.05) is 18.2 Å². The number of aromatic nitrogens is 1. The second kappa shape index (κ2) is 5.21. The molecule has 0 unspecified atom stereocenters. The Morgan fingerprint density at radius 2 is 2.00 bits per heavy atom. The first kappa shape index (κ1) is 13.1. The number of carbonyl (C=O) groups excluding carboxylic acids is 1. The van der Waals surface area contributed by atoms with Gasteiger partial charge in [0, 0.05) is 30.2 Å². The molecule has 4 nitrogen and oxygen atoms in total. The third kappa shape index (κ3) is 2.39. The fourth-order valence-corrected chi connectivity index (χ4v) is 2.76. The molecular weight excluding hydrogens is 250 g/mol. The molecule has 0 aliphatic carbocycles. The molecule has 2 N–H and O–H groups in total. The summed E-state index contributed by atoms with van der Waals surface area (Å²) in [6.07, 6.45) is 1.77. The van der Waals surface area contributed by atoms with E-state index in [0.717, 1.165) is 48.1 Å². The molecule has 2 heterocycles. The van der Waals surface area contributed by atoms with Gasteiger partial charge in [0.05, 0.1) is 11.1 Å². The van der Waals surface area contributed by atoms with Crippen LogP contribution in [0.15, 0.2) is 30.3 Å². The number of nitrogens with zero attached hydrogens (tertiary/aromatic N) is 2. The van der Waals surface area contributed by atoms with Crippen molar-refractivity contribution in [2.75, 3.05) is 13.1 Å². The van der Waals surface area contributed by atoms with Gasteiger partial charge in [-0.3, -0.25) is 9.78 Å². The number of hydrogen-bond acceptors (Lipinski definition) is 3. The summed E-state index contributed by atoms with van der Waals surface area (Å²) in [5.41, 5.74) is 8.41. The molecule has 0 radical (unpaired) electrons. The van der Waals surface area contributed by atoms with Gasteiger partial charge in [-0.2, -0.15) is 0 Å². The third-order valence-electron chi connectivity index (χ3n) is 3.90. The van der Waals surface area contributed by atoms with Crippen LogP contribution in [0, 0.1) is 6.92 Å². The van der Waals surface area contributed by atoms with Gasteiger partial charge in [-0.15, -0.1) is 0 Å². The molecule has 2 aromatic rings. The van der Waals surface area contributed by atoms with Crippen LogP contribution in [-0.2, 0) is 0 Å². The monoisotopic (exact) mass is 269 g/mol. The number of carbonyl (C=O) groups is 1. The van der Waals surface area contributed by atoms with Crippen molar-refractivity contribution in [1.82, 2.24) is 9.88 Å².